The van der Waals surface area contributed by atoms with Crippen LogP contribution in [0.2, 0.25) is 19.1 Å². The number of fused-ring (bicyclic) bond motifs is 1. The first-order valence-electron chi connectivity index (χ1n) is 11.9. The Morgan fingerprint density at radius 3 is 2.51 bits per heavy atom. The van der Waals surface area contributed by atoms with Crippen LogP contribution in [0.15, 0.2) is 40.9 Å². The number of ether oxygens (including phenoxy) is 1. The summed E-state index contributed by atoms with van der Waals surface area (Å²) in [6.45, 7) is 5.90. The summed E-state index contributed by atoms with van der Waals surface area (Å²) in [5.41, 5.74) is 1.37. The monoisotopic (exact) mass is 529 g/mol. The van der Waals surface area contributed by atoms with E-state index in [0.717, 1.165) is 17.7 Å². The number of halogens is 2. The summed E-state index contributed by atoms with van der Waals surface area (Å²) in [4.78, 5) is 28.2. The highest BCUT2D eigenvalue weighted by molar-refractivity contribution is 6.89. The summed E-state index contributed by atoms with van der Waals surface area (Å²) < 4.78 is 40.2. The van der Waals surface area contributed by atoms with Gasteiger partial charge in [0.2, 0.25) is 5.91 Å². The zero-order chi connectivity index (χ0) is 26.9. The molecule has 4 rings (SSSR count). The number of hydrogen-bond acceptors (Lipinski definition) is 6. The van der Waals surface area contributed by atoms with E-state index >= 15 is 0 Å². The van der Waals surface area contributed by atoms with E-state index in [1.807, 2.05) is 20.0 Å². The lowest BCUT2D eigenvalue weighted by molar-refractivity contribution is -0.139. The van der Waals surface area contributed by atoms with Gasteiger partial charge in [-0.15, -0.1) is 0 Å². The second-order valence-electron chi connectivity index (χ2n) is 9.67. The van der Waals surface area contributed by atoms with Gasteiger partial charge in [0.25, 0.3) is 11.8 Å². The lowest BCUT2D eigenvalue weighted by Crippen LogP contribution is -2.46. The number of benzene rings is 2. The number of methoxy groups -OCH3 is 1. The minimum absolute atomic E-state index is 0.0298. The number of nitrogens with one attached hydrogen (secondary N) is 1. The molecule has 2 aromatic carbocycles. The molecule has 3 aromatic rings. The van der Waals surface area contributed by atoms with Gasteiger partial charge in [0.05, 0.1) is 21.6 Å². The van der Waals surface area contributed by atoms with Crippen LogP contribution in [0.4, 0.5) is 14.5 Å². The standard InChI is InChI=1S/C26H29F2N3O5Si/c1-5-37(3,4)25-20(27)11-16(12-21(25)28)29-26(34)24-19-7-6-17(35-2)10-15(19)8-9-31(24)23(33)14-18-13-22(32)30-36-18/h6-7,10-13,24H,5,8-9,14H2,1-4H3,(H,29,34)(H,30,32)/t24-/m1/s1. The molecule has 1 aliphatic heterocycles. The number of rotatable bonds is 7. The predicted octanol–water partition coefficient (Wildman–Crippen LogP) is 3.91. The molecular weight excluding hydrogens is 500 g/mol. The third-order valence-electron chi connectivity index (χ3n) is 6.89. The fraction of sp³-hybridized carbons (Fsp3) is 0.346. The normalized spacial score (nSPS) is 15.3. The summed E-state index contributed by atoms with van der Waals surface area (Å²) in [7, 11) is -0.780. The van der Waals surface area contributed by atoms with Gasteiger partial charge in [0.1, 0.15) is 29.2 Å². The average Bonchev–Trinajstić information content (AvgIpc) is 3.26. The van der Waals surface area contributed by atoms with Crippen molar-refractivity contribution in [3.63, 3.8) is 0 Å². The molecule has 1 aromatic heterocycles. The van der Waals surface area contributed by atoms with Crippen LogP contribution in [0.1, 0.15) is 29.9 Å². The molecule has 2 heterocycles. The van der Waals surface area contributed by atoms with Gasteiger partial charge in [0.15, 0.2) is 0 Å². The fourth-order valence-electron chi connectivity index (χ4n) is 4.60. The second kappa shape index (κ2) is 10.3. The Morgan fingerprint density at radius 1 is 1.22 bits per heavy atom. The molecule has 0 saturated heterocycles. The van der Waals surface area contributed by atoms with Crippen molar-refractivity contribution in [2.75, 3.05) is 19.0 Å². The van der Waals surface area contributed by atoms with Gasteiger partial charge in [-0.3, -0.25) is 9.59 Å². The topological polar surface area (TPSA) is 105 Å². The van der Waals surface area contributed by atoms with E-state index in [4.69, 9.17) is 9.26 Å². The van der Waals surface area contributed by atoms with Crippen LogP contribution in [0.3, 0.4) is 0 Å². The van der Waals surface area contributed by atoms with Crippen LogP contribution in [-0.4, -0.2) is 48.7 Å². The highest BCUT2D eigenvalue weighted by atomic mass is 28.3. The van der Waals surface area contributed by atoms with Gasteiger partial charge in [-0.05, 0) is 47.0 Å². The summed E-state index contributed by atoms with van der Waals surface area (Å²) >= 11 is 0. The van der Waals surface area contributed by atoms with Crippen LogP contribution in [0.5, 0.6) is 11.6 Å². The molecule has 0 aliphatic carbocycles. The van der Waals surface area contributed by atoms with E-state index in [0.29, 0.717) is 23.8 Å². The van der Waals surface area contributed by atoms with Crippen molar-refractivity contribution in [2.24, 2.45) is 0 Å². The Balaban J connectivity index is 1.67. The summed E-state index contributed by atoms with van der Waals surface area (Å²) in [5.74, 6) is -2.03. The Bertz CT molecular complexity index is 1320. The van der Waals surface area contributed by atoms with E-state index in [2.05, 4.69) is 10.5 Å². The van der Waals surface area contributed by atoms with Gasteiger partial charge >= 0.3 is 0 Å². The van der Waals surface area contributed by atoms with Crippen LogP contribution < -0.4 is 15.2 Å². The Kier molecular flexibility index (Phi) is 7.35. The van der Waals surface area contributed by atoms with Crippen molar-refractivity contribution in [2.45, 2.75) is 44.9 Å². The average molecular weight is 530 g/mol. The quantitative estimate of drug-likeness (QED) is 0.450. The lowest BCUT2D eigenvalue weighted by atomic mass is 9.91. The maximum atomic E-state index is 15.0. The SMILES string of the molecule is CC[Si](C)(C)c1c(F)cc(NC(=O)[C@H]2c3ccc(OC)cc3CCN2C(=O)Cc2cc(O)no2)cc1F. The molecule has 0 bridgehead atoms. The van der Waals surface area contributed by atoms with Gasteiger partial charge < -0.3 is 24.6 Å². The van der Waals surface area contributed by atoms with Gasteiger partial charge in [0, 0.05) is 23.5 Å². The molecule has 0 unspecified atom stereocenters. The molecule has 0 fully saturated rings. The highest BCUT2D eigenvalue weighted by Gasteiger charge is 2.37. The van der Waals surface area contributed by atoms with E-state index in [1.165, 1.54) is 18.1 Å². The number of carbonyl (C=O) groups excluding carboxylic acids is 2. The van der Waals surface area contributed by atoms with Gasteiger partial charge in [-0.1, -0.05) is 32.1 Å². The molecule has 1 atom stereocenters. The molecule has 11 heteroatoms. The zero-order valence-corrected chi connectivity index (χ0v) is 22.1. The molecule has 196 valence electrons. The van der Waals surface area contributed by atoms with Crippen LogP contribution in [0, 0.1) is 11.6 Å². The minimum Gasteiger partial charge on any atom is -0.497 e. The Labute approximate surface area is 214 Å². The number of carbonyl (C=O) groups is 2. The van der Waals surface area contributed by atoms with Crippen LogP contribution in [-0.2, 0) is 22.4 Å². The zero-order valence-electron chi connectivity index (χ0n) is 21.1. The predicted molar refractivity (Wildman–Crippen MR) is 136 cm³/mol. The van der Waals surface area contributed by atoms with E-state index in [-0.39, 0.29) is 35.5 Å². The third kappa shape index (κ3) is 5.36. The first kappa shape index (κ1) is 26.3. The first-order chi connectivity index (χ1) is 17.5. The van der Waals surface area contributed by atoms with Crippen molar-refractivity contribution < 1.29 is 32.7 Å². The minimum atomic E-state index is -2.31. The molecular formula is C26H29F2N3O5Si. The third-order valence-corrected chi connectivity index (χ3v) is 10.5. The summed E-state index contributed by atoms with van der Waals surface area (Å²) in [6, 6.07) is 8.27. The summed E-state index contributed by atoms with van der Waals surface area (Å²) in [6.07, 6.45) is 0.246. The molecule has 0 spiro atoms. The lowest BCUT2D eigenvalue weighted by Gasteiger charge is -2.36. The first-order valence-corrected chi connectivity index (χ1v) is 15.2. The number of nitrogens with zero attached hydrogens (tertiary/aromatic N) is 2. The molecule has 8 nitrogen and oxygen atoms in total. The smallest absolute Gasteiger partial charge is 0.251 e. The van der Waals surface area contributed by atoms with Crippen molar-refractivity contribution in [1.82, 2.24) is 10.1 Å². The number of anilines is 1. The van der Waals surface area contributed by atoms with Crippen molar-refractivity contribution in [3.8, 4) is 11.6 Å². The highest BCUT2D eigenvalue weighted by Crippen LogP contribution is 2.34. The Morgan fingerprint density at radius 2 is 1.92 bits per heavy atom. The molecule has 2 N–H and O–H groups in total. The molecule has 2 amide bonds. The van der Waals surface area contributed by atoms with E-state index in [1.54, 1.807) is 18.2 Å². The largest absolute Gasteiger partial charge is 0.497 e. The number of hydrogen-bond donors (Lipinski definition) is 2. The van der Waals surface area contributed by atoms with Gasteiger partial charge in [-0.2, -0.15) is 0 Å². The number of aromatic hydroxyl groups is 1. The maximum Gasteiger partial charge on any atom is 0.251 e. The summed E-state index contributed by atoms with van der Waals surface area (Å²) in [5, 5.41) is 15.5. The van der Waals surface area contributed by atoms with E-state index in [9.17, 15) is 23.5 Å². The number of aromatic nitrogens is 1. The van der Waals surface area contributed by atoms with Crippen molar-refractivity contribution >= 4 is 30.8 Å². The van der Waals surface area contributed by atoms with Crippen molar-refractivity contribution in [1.29, 1.82) is 0 Å². The van der Waals surface area contributed by atoms with Gasteiger partial charge in [-0.25, -0.2) is 8.78 Å². The molecule has 0 radical (unpaired) electrons. The van der Waals surface area contributed by atoms with Crippen molar-refractivity contribution in [3.05, 3.63) is 64.9 Å². The molecule has 0 saturated carbocycles. The molecule has 37 heavy (non-hydrogen) atoms. The Hall–Kier alpha value is -3.73. The number of amides is 2. The maximum absolute atomic E-state index is 15.0. The van der Waals surface area contributed by atoms with Crippen LogP contribution in [0.25, 0.3) is 0 Å². The van der Waals surface area contributed by atoms with E-state index < -0.39 is 37.6 Å². The second-order valence-corrected chi connectivity index (χ2v) is 14.6. The molecule has 1 aliphatic rings. The van der Waals surface area contributed by atoms with Crippen LogP contribution >= 0.6 is 0 Å². The fourth-order valence-corrected chi connectivity index (χ4v) is 6.39.